The summed E-state index contributed by atoms with van der Waals surface area (Å²) in [6.45, 7) is 19.1. The summed E-state index contributed by atoms with van der Waals surface area (Å²) < 4.78 is 15.6. The van der Waals surface area contributed by atoms with Crippen molar-refractivity contribution >= 4 is 41.0 Å². The minimum absolute atomic E-state index is 0.154. The van der Waals surface area contributed by atoms with Gasteiger partial charge in [-0.15, -0.1) is 6.58 Å². The van der Waals surface area contributed by atoms with Crippen LogP contribution >= 0.6 is 11.9 Å². The van der Waals surface area contributed by atoms with Crippen LogP contribution in [0, 0.1) is 5.92 Å². The number of hydrogen-bond donors (Lipinski definition) is 1. The second kappa shape index (κ2) is 16.4. The van der Waals surface area contributed by atoms with Crippen molar-refractivity contribution in [2.24, 2.45) is 5.92 Å². The van der Waals surface area contributed by atoms with Gasteiger partial charge in [-0.1, -0.05) is 23.8 Å². The fourth-order valence-corrected chi connectivity index (χ4v) is 7.18. The van der Waals surface area contributed by atoms with Gasteiger partial charge in [0.15, 0.2) is 0 Å². The highest BCUT2D eigenvalue weighted by molar-refractivity contribution is 7.97. The molecule has 4 aromatic rings. The maximum Gasteiger partial charge on any atom is 0.410 e. The van der Waals surface area contributed by atoms with E-state index in [0.717, 1.165) is 52.0 Å². The molecule has 0 radical (unpaired) electrons. The summed E-state index contributed by atoms with van der Waals surface area (Å²) in [5, 5.41) is 5.65. The lowest BCUT2D eigenvalue weighted by molar-refractivity contribution is 0.0186. The van der Waals surface area contributed by atoms with E-state index in [0.29, 0.717) is 44.8 Å². The number of nitrogen functional groups attached to an aromatic ring is 1. The fourth-order valence-electron chi connectivity index (χ4n) is 6.43. The van der Waals surface area contributed by atoms with E-state index in [1.54, 1.807) is 9.80 Å². The number of nitrogens with zero attached hydrogens (tertiary/aromatic N) is 7. The minimum Gasteiger partial charge on any atom is -0.444 e. The van der Waals surface area contributed by atoms with Crippen molar-refractivity contribution in [2.45, 2.75) is 103 Å². The molecule has 0 saturated heterocycles. The number of nitrogens with two attached hydrogens (primary N) is 1. The Morgan fingerprint density at radius 3 is 2.31 bits per heavy atom. The molecule has 0 unspecified atom stereocenters. The zero-order valence-electron chi connectivity index (χ0n) is 31.7. The highest BCUT2D eigenvalue weighted by Crippen LogP contribution is 2.41. The van der Waals surface area contributed by atoms with Gasteiger partial charge >= 0.3 is 12.2 Å². The summed E-state index contributed by atoms with van der Waals surface area (Å²) in [6, 6.07) is 12.2. The predicted octanol–water partition coefficient (Wildman–Crippen LogP) is 8.60. The SMILES string of the molecule is C=C(C)CCN(CCCN(C[C@@H]1CC[C@H](n2cc(-c3ccn(Sc4ccccc4)n3)c3c(N)ncnc32)C1)C(=O)OC(C)(C)C)C(=O)OC(C)(C)C. The molecule has 3 heterocycles. The molecule has 1 aromatic carbocycles. The average molecular weight is 731 g/mol. The second-order valence-electron chi connectivity index (χ2n) is 15.7. The number of benzene rings is 1. The van der Waals surface area contributed by atoms with Crippen molar-refractivity contribution in [1.82, 2.24) is 33.5 Å². The van der Waals surface area contributed by atoms with Crippen LogP contribution < -0.4 is 5.73 Å². The lowest BCUT2D eigenvalue weighted by atomic mass is 10.1. The van der Waals surface area contributed by atoms with Gasteiger partial charge in [0.2, 0.25) is 0 Å². The van der Waals surface area contributed by atoms with E-state index in [-0.39, 0.29) is 24.1 Å². The first-order valence-corrected chi connectivity index (χ1v) is 18.8. The molecule has 3 aromatic heterocycles. The molecule has 280 valence electrons. The third kappa shape index (κ3) is 10.5. The number of anilines is 1. The molecular weight excluding hydrogens is 677 g/mol. The van der Waals surface area contributed by atoms with Gasteiger partial charge in [0.05, 0.1) is 11.1 Å². The zero-order valence-corrected chi connectivity index (χ0v) is 32.5. The van der Waals surface area contributed by atoms with Gasteiger partial charge in [0, 0.05) is 67.0 Å². The summed E-state index contributed by atoms with van der Waals surface area (Å²) in [5.74, 6) is 0.655. The van der Waals surface area contributed by atoms with Crippen LogP contribution in [0.25, 0.3) is 22.3 Å². The van der Waals surface area contributed by atoms with Gasteiger partial charge in [0.25, 0.3) is 0 Å². The molecule has 1 fully saturated rings. The van der Waals surface area contributed by atoms with Gasteiger partial charge in [0.1, 0.15) is 29.0 Å². The summed E-state index contributed by atoms with van der Waals surface area (Å²) in [7, 11) is 0. The Hall–Kier alpha value is -4.52. The summed E-state index contributed by atoms with van der Waals surface area (Å²) in [5.41, 5.74) is 8.68. The van der Waals surface area contributed by atoms with Crippen LogP contribution in [-0.4, -0.2) is 83.1 Å². The highest BCUT2D eigenvalue weighted by Gasteiger charge is 2.33. The van der Waals surface area contributed by atoms with E-state index < -0.39 is 11.2 Å². The van der Waals surface area contributed by atoms with Crippen molar-refractivity contribution in [3.05, 3.63) is 67.3 Å². The fraction of sp³-hybridized carbons (Fsp3) is 0.513. The molecule has 1 aliphatic rings. The molecule has 13 heteroatoms. The molecule has 0 bridgehead atoms. The van der Waals surface area contributed by atoms with Crippen molar-refractivity contribution in [1.29, 1.82) is 0 Å². The van der Waals surface area contributed by atoms with E-state index in [4.69, 9.17) is 20.3 Å². The Labute approximate surface area is 311 Å². The number of fused-ring (bicyclic) bond motifs is 1. The first-order valence-electron chi connectivity index (χ1n) is 18.1. The first-order chi connectivity index (χ1) is 24.6. The van der Waals surface area contributed by atoms with E-state index in [1.807, 2.05) is 95.1 Å². The van der Waals surface area contributed by atoms with Crippen molar-refractivity contribution in [3.8, 4) is 11.3 Å². The third-order valence-corrected chi connectivity index (χ3v) is 9.65. The Morgan fingerprint density at radius 2 is 1.63 bits per heavy atom. The normalized spacial score (nSPS) is 16.2. The number of carbonyl (C=O) groups is 2. The summed E-state index contributed by atoms with van der Waals surface area (Å²) in [6.07, 6.45) is 8.82. The maximum atomic E-state index is 13.5. The monoisotopic (exact) mass is 730 g/mol. The molecule has 0 aliphatic heterocycles. The molecule has 52 heavy (non-hydrogen) atoms. The quantitative estimate of drug-likeness (QED) is 0.134. The zero-order chi connectivity index (χ0) is 37.6. The van der Waals surface area contributed by atoms with Crippen LogP contribution in [0.4, 0.5) is 15.4 Å². The predicted molar refractivity (Wildman–Crippen MR) is 207 cm³/mol. The van der Waals surface area contributed by atoms with Crippen LogP contribution in [0.2, 0.25) is 0 Å². The Morgan fingerprint density at radius 1 is 0.962 bits per heavy atom. The summed E-state index contributed by atoms with van der Waals surface area (Å²) >= 11 is 1.53. The third-order valence-electron chi connectivity index (χ3n) is 8.78. The molecule has 0 spiro atoms. The summed E-state index contributed by atoms with van der Waals surface area (Å²) in [4.78, 5) is 40.2. The standard InChI is InChI=1S/C39H54N8O4S/c1-27(2)17-21-44(36(48)50-38(3,4)5)19-12-20-45(37(49)51-39(6,7)8)24-28-15-16-29(23-28)46-25-31(33-34(40)41-26-42-35(33)46)32-18-22-47(43-32)52-30-13-10-9-11-14-30/h9-11,13-14,18,22,25-26,28-29H,1,12,15-17,19-21,23-24H2,2-8H3,(H2,40,41,42)/t28-,29+/m1/s1. The Balaban J connectivity index is 1.30. The van der Waals surface area contributed by atoms with Crippen LogP contribution in [0.1, 0.15) is 86.6 Å². The Bertz CT molecular complexity index is 1840. The molecular formula is C39H54N8O4S. The van der Waals surface area contributed by atoms with Crippen LogP contribution in [0.3, 0.4) is 0 Å². The van der Waals surface area contributed by atoms with Crippen LogP contribution in [0.15, 0.2) is 72.2 Å². The number of amides is 2. The number of hydrogen-bond acceptors (Lipinski definition) is 9. The molecule has 2 N–H and O–H groups in total. The minimum atomic E-state index is -0.635. The second-order valence-corrected chi connectivity index (χ2v) is 16.7. The number of aromatic nitrogens is 5. The maximum absolute atomic E-state index is 13.5. The lowest BCUT2D eigenvalue weighted by Crippen LogP contribution is -2.42. The van der Waals surface area contributed by atoms with Gasteiger partial charge in [-0.05, 0) is 105 Å². The lowest BCUT2D eigenvalue weighted by Gasteiger charge is -2.31. The van der Waals surface area contributed by atoms with E-state index in [9.17, 15) is 9.59 Å². The largest absolute Gasteiger partial charge is 0.444 e. The van der Waals surface area contributed by atoms with Crippen molar-refractivity contribution in [3.63, 3.8) is 0 Å². The van der Waals surface area contributed by atoms with Crippen molar-refractivity contribution < 1.29 is 19.1 Å². The van der Waals surface area contributed by atoms with E-state index in [2.05, 4.69) is 27.3 Å². The molecule has 1 saturated carbocycles. The molecule has 5 rings (SSSR count). The molecule has 2 atom stereocenters. The van der Waals surface area contributed by atoms with E-state index >= 15 is 0 Å². The van der Waals surface area contributed by atoms with E-state index in [1.165, 1.54) is 18.3 Å². The van der Waals surface area contributed by atoms with Gasteiger partial charge < -0.3 is 29.6 Å². The number of rotatable bonds is 13. The average Bonchev–Trinajstić information content (AvgIpc) is 3.80. The Kier molecular flexibility index (Phi) is 12.2. The van der Waals surface area contributed by atoms with Crippen molar-refractivity contribution in [2.75, 3.05) is 31.9 Å². The number of carbonyl (C=O) groups excluding carboxylic acids is 2. The molecule has 1 aliphatic carbocycles. The van der Waals surface area contributed by atoms with Crippen LogP contribution in [0.5, 0.6) is 0 Å². The highest BCUT2D eigenvalue weighted by atomic mass is 32.2. The molecule has 2 amide bonds. The van der Waals surface area contributed by atoms with Gasteiger partial charge in [-0.25, -0.2) is 23.6 Å². The van der Waals surface area contributed by atoms with Crippen LogP contribution in [-0.2, 0) is 9.47 Å². The first kappa shape index (κ1) is 38.7. The topological polar surface area (TPSA) is 134 Å². The van der Waals surface area contributed by atoms with Gasteiger partial charge in [-0.3, -0.25) is 0 Å². The van der Waals surface area contributed by atoms with Gasteiger partial charge in [-0.2, -0.15) is 5.10 Å². The smallest absolute Gasteiger partial charge is 0.410 e. The number of ether oxygens (including phenoxy) is 2. The molecule has 12 nitrogen and oxygen atoms in total.